The van der Waals surface area contributed by atoms with Crippen molar-refractivity contribution in [1.29, 1.82) is 0 Å². The number of phenols is 1. The number of aliphatic hydroxyl groups excluding tert-OH is 1. The summed E-state index contributed by atoms with van der Waals surface area (Å²) in [6, 6.07) is 18.0. The molecule has 15 nitrogen and oxygen atoms in total. The van der Waals surface area contributed by atoms with Crippen LogP contribution in [0.4, 0.5) is 5.95 Å². The van der Waals surface area contributed by atoms with E-state index in [0.717, 1.165) is 95.0 Å². The number of hydrogen-bond acceptors (Lipinski definition) is 13. The van der Waals surface area contributed by atoms with Crippen LogP contribution in [0.2, 0.25) is 0 Å². The Labute approximate surface area is 398 Å². The van der Waals surface area contributed by atoms with E-state index in [9.17, 15) is 19.8 Å². The number of rotatable bonds is 12. The number of aliphatic hydroxyl groups is 1. The summed E-state index contributed by atoms with van der Waals surface area (Å²) < 4.78 is 5.92. The number of allylic oxidation sites excluding steroid dienone is 2. The molecular weight excluding hydrogens is 877 g/mol. The lowest BCUT2D eigenvalue weighted by molar-refractivity contribution is -0.141. The van der Waals surface area contributed by atoms with Gasteiger partial charge in [-0.15, -0.1) is 21.5 Å². The second kappa shape index (κ2) is 19.1. The number of carbonyl (C=O) groups is 2. The number of β-amino-alcohol motifs (C(OH)–C–C–N with tert-alkyl or cyclic N) is 1. The van der Waals surface area contributed by atoms with E-state index >= 15 is 0 Å². The van der Waals surface area contributed by atoms with E-state index in [1.165, 1.54) is 10.5 Å². The van der Waals surface area contributed by atoms with Crippen LogP contribution in [-0.4, -0.2) is 94.0 Å². The number of aromatic nitrogens is 7. The molecule has 4 N–H and O–H groups in total. The van der Waals surface area contributed by atoms with Crippen molar-refractivity contribution in [2.75, 3.05) is 24.5 Å². The molecule has 0 spiro atoms. The number of para-hydroxylation sites is 1. The first-order valence-electron chi connectivity index (χ1n) is 23.6. The van der Waals surface area contributed by atoms with E-state index < -0.39 is 18.1 Å². The number of anilines is 1. The molecule has 16 heteroatoms. The second-order valence-corrected chi connectivity index (χ2v) is 19.7. The van der Waals surface area contributed by atoms with Crippen LogP contribution in [0.3, 0.4) is 0 Å². The van der Waals surface area contributed by atoms with E-state index in [0.29, 0.717) is 28.6 Å². The summed E-state index contributed by atoms with van der Waals surface area (Å²) >= 11 is 1.60. The first-order valence-corrected chi connectivity index (χ1v) is 24.5. The summed E-state index contributed by atoms with van der Waals surface area (Å²) in [7, 11) is 0. The van der Waals surface area contributed by atoms with Crippen LogP contribution in [0.5, 0.6) is 5.75 Å². The van der Waals surface area contributed by atoms with Gasteiger partial charge >= 0.3 is 0 Å². The van der Waals surface area contributed by atoms with Gasteiger partial charge in [0.1, 0.15) is 29.2 Å². The van der Waals surface area contributed by atoms with Gasteiger partial charge in [-0.25, -0.2) is 15.0 Å². The average Bonchev–Trinajstić information content (AvgIpc) is 4.19. The molecule has 0 radical (unpaired) electrons. The van der Waals surface area contributed by atoms with Crippen molar-refractivity contribution in [1.82, 2.24) is 45.5 Å². The fraction of sp³-hybridized carbons (Fsp3) is 0.385. The zero-order chi connectivity index (χ0) is 47.1. The number of aryl methyl sites for hydroxylation is 1. The molecule has 68 heavy (non-hydrogen) atoms. The van der Waals surface area contributed by atoms with E-state index in [1.807, 2.05) is 100 Å². The minimum atomic E-state index is -0.814. The molecule has 1 aliphatic carbocycles. The summed E-state index contributed by atoms with van der Waals surface area (Å²) in [6.45, 7) is 9.57. The Hall–Kier alpha value is -6.78. The van der Waals surface area contributed by atoms with Gasteiger partial charge in [0.05, 0.1) is 33.9 Å². The fourth-order valence-electron chi connectivity index (χ4n) is 10.3. The molecular formula is C52H56N10O5S. The molecule has 0 bridgehead atoms. The van der Waals surface area contributed by atoms with Gasteiger partial charge in [0.15, 0.2) is 5.65 Å². The highest BCUT2D eigenvalue weighted by atomic mass is 32.1. The van der Waals surface area contributed by atoms with Crippen LogP contribution in [0.15, 0.2) is 95.4 Å². The highest BCUT2D eigenvalue weighted by molar-refractivity contribution is 7.13. The molecule has 2 fully saturated rings. The lowest BCUT2D eigenvalue weighted by Gasteiger charge is -2.32. The molecule has 7 heterocycles. The molecule has 2 aromatic carbocycles. The Bertz CT molecular complexity index is 2950. The van der Waals surface area contributed by atoms with E-state index in [4.69, 9.17) is 14.5 Å². The molecule has 3 aliphatic rings. The molecule has 0 saturated carbocycles. The van der Waals surface area contributed by atoms with Gasteiger partial charge in [-0.2, -0.15) is 0 Å². The van der Waals surface area contributed by atoms with Crippen LogP contribution in [0, 0.1) is 12.8 Å². The van der Waals surface area contributed by atoms with Crippen LogP contribution >= 0.6 is 11.3 Å². The van der Waals surface area contributed by atoms with Crippen molar-refractivity contribution in [2.45, 2.75) is 102 Å². The Kier molecular flexibility index (Phi) is 12.6. The molecule has 7 aromatic rings. The number of aromatic hydroxyl groups is 1. The standard InChI is InChI=1S/C52H56N10O5S/c1-29(2)47(51(66)62-27-38(63)21-44(62)50(65)57-30(3)32-9-15-36(16-10-32)48-31(4)56-28-68-48)46-23-42(60-67-46)35-13-11-33(12-14-35)37-24-54-52(55-25-37)61-19-17-34(18-20-61)41-26-53-49-40(41)22-43(58-59-49)39-7-5-6-8-45(39)64/h5-10,13,15-16,22-26,28-30,33-34,38,44,47,63-64H,11-12,14,17-21,27H2,1-4H3,(H,53,59)(H,57,65)/t30-,33-,38+,44-,47?/m0/s1. The Balaban J connectivity index is 0.743. The monoisotopic (exact) mass is 932 g/mol. The first kappa shape index (κ1) is 45.0. The van der Waals surface area contributed by atoms with Crippen LogP contribution in [-0.2, 0) is 9.59 Å². The largest absolute Gasteiger partial charge is 0.507 e. The van der Waals surface area contributed by atoms with Gasteiger partial charge in [0.2, 0.25) is 17.8 Å². The van der Waals surface area contributed by atoms with Crippen molar-refractivity contribution < 1.29 is 24.3 Å². The molecule has 5 aromatic heterocycles. The number of nitrogens with one attached hydrogen (secondary N) is 2. The number of benzene rings is 2. The Morgan fingerprint density at radius 3 is 2.43 bits per heavy atom. The normalized spacial score (nSPS) is 19.9. The van der Waals surface area contributed by atoms with Crippen LogP contribution in [0.25, 0.3) is 38.3 Å². The van der Waals surface area contributed by atoms with Crippen LogP contribution < -0.4 is 10.2 Å². The topological polar surface area (TPSA) is 199 Å². The number of likely N-dealkylation sites (tertiary alicyclic amines) is 1. The Morgan fingerprint density at radius 2 is 1.72 bits per heavy atom. The predicted molar refractivity (Wildman–Crippen MR) is 261 cm³/mol. The third-order valence-electron chi connectivity index (χ3n) is 14.1. The second-order valence-electron chi connectivity index (χ2n) is 18.9. The smallest absolute Gasteiger partial charge is 0.243 e. The Morgan fingerprint density at radius 1 is 0.941 bits per heavy atom. The minimum absolute atomic E-state index is 0.0701. The maximum atomic E-state index is 14.4. The number of aromatic amines is 1. The van der Waals surface area contributed by atoms with E-state index in [-0.39, 0.29) is 48.4 Å². The van der Waals surface area contributed by atoms with Gasteiger partial charge in [0, 0.05) is 61.7 Å². The van der Waals surface area contributed by atoms with Crippen molar-refractivity contribution in [3.8, 4) is 27.4 Å². The maximum absolute atomic E-state index is 14.4. The zero-order valence-electron chi connectivity index (χ0n) is 38.7. The molecule has 2 saturated heterocycles. The predicted octanol–water partition coefficient (Wildman–Crippen LogP) is 8.85. The molecule has 1 unspecified atom stereocenters. The van der Waals surface area contributed by atoms with Gasteiger partial charge in [-0.1, -0.05) is 61.5 Å². The number of fused-ring (bicyclic) bond motifs is 1. The molecule has 10 rings (SSSR count). The highest BCUT2D eigenvalue weighted by Gasteiger charge is 2.43. The van der Waals surface area contributed by atoms with Crippen molar-refractivity contribution >= 4 is 45.7 Å². The third-order valence-corrected chi connectivity index (χ3v) is 15.1. The number of H-pyrrole nitrogens is 1. The molecule has 350 valence electrons. The number of thiazole rings is 1. The van der Waals surface area contributed by atoms with Crippen molar-refractivity contribution in [3.05, 3.63) is 125 Å². The van der Waals surface area contributed by atoms with Gasteiger partial charge in [0.25, 0.3) is 0 Å². The highest BCUT2D eigenvalue weighted by Crippen LogP contribution is 2.40. The quantitative estimate of drug-likeness (QED) is 0.0909. The van der Waals surface area contributed by atoms with E-state index in [2.05, 4.69) is 41.6 Å². The van der Waals surface area contributed by atoms with Gasteiger partial charge in [-0.05, 0) is 110 Å². The summed E-state index contributed by atoms with van der Waals surface area (Å²) in [5.74, 6) is 0.603. The van der Waals surface area contributed by atoms with Crippen molar-refractivity contribution in [3.63, 3.8) is 0 Å². The molecule has 2 aliphatic heterocycles. The lowest BCUT2D eigenvalue weighted by Crippen LogP contribution is -2.48. The van der Waals surface area contributed by atoms with Gasteiger partial charge in [-0.3, -0.25) is 9.59 Å². The summed E-state index contributed by atoms with van der Waals surface area (Å²) in [6.07, 6.45) is 11.9. The fourth-order valence-corrected chi connectivity index (χ4v) is 11.1. The summed E-state index contributed by atoms with van der Waals surface area (Å²) in [5, 5.41) is 38.5. The van der Waals surface area contributed by atoms with Gasteiger partial charge < -0.3 is 34.8 Å². The third kappa shape index (κ3) is 9.01. The van der Waals surface area contributed by atoms with Crippen molar-refractivity contribution in [2.24, 2.45) is 5.92 Å². The molecule has 2 amide bonds. The first-order chi connectivity index (χ1) is 33.0. The summed E-state index contributed by atoms with van der Waals surface area (Å²) in [5.41, 5.74) is 11.0. The molecule has 5 atom stereocenters. The maximum Gasteiger partial charge on any atom is 0.243 e. The van der Waals surface area contributed by atoms with Crippen LogP contribution in [0.1, 0.15) is 117 Å². The number of nitrogens with zero attached hydrogens (tertiary/aromatic N) is 8. The SMILES string of the molecule is Cc1ncsc1-c1ccc([C@H](C)NC(=O)[C@@H]2C[C@@H](O)CN2C(=O)C(c2cc(C3=CC[C@H](c4cnc(N5CCC(c6c[nH]c7nnc(-c8ccccc8O)cc67)CC5)nc4)CC3)no2)C(C)C)cc1. The number of hydrogen-bond donors (Lipinski definition) is 4. The minimum Gasteiger partial charge on any atom is -0.507 e. The lowest BCUT2D eigenvalue weighted by atomic mass is 9.84. The summed E-state index contributed by atoms with van der Waals surface area (Å²) in [4.78, 5) is 50.4. The number of carbonyl (C=O) groups excluding carboxylic acids is 2. The van der Waals surface area contributed by atoms with E-state index in [1.54, 1.807) is 23.5 Å². The zero-order valence-corrected chi connectivity index (χ0v) is 39.5. The average molecular weight is 933 g/mol. The number of phenolic OH excluding ortho intramolecular Hbond substituents is 1. The number of piperidine rings is 1. The number of amides is 2.